The van der Waals surface area contributed by atoms with E-state index in [-0.39, 0.29) is 23.8 Å². The molecule has 0 radical (unpaired) electrons. The number of hydrogen-bond donors (Lipinski definition) is 0. The van der Waals surface area contributed by atoms with Crippen LogP contribution in [0.4, 0.5) is 0 Å². The van der Waals surface area contributed by atoms with Crippen LogP contribution in [0.3, 0.4) is 0 Å². The molecule has 23 heavy (non-hydrogen) atoms. The molecule has 118 valence electrons. The minimum Gasteiger partial charge on any atom is -0.497 e. The first-order chi connectivity index (χ1) is 11.1. The van der Waals surface area contributed by atoms with E-state index in [1.165, 1.54) is 4.90 Å². The molecule has 4 rings (SSSR count). The first-order valence-corrected chi connectivity index (χ1v) is 8.08. The van der Waals surface area contributed by atoms with Crippen LogP contribution in [0.2, 0.25) is 0 Å². The topological polar surface area (TPSA) is 70.4 Å². The molecule has 1 aliphatic heterocycles. The molecule has 3 atom stereocenters. The summed E-state index contributed by atoms with van der Waals surface area (Å²) in [6, 6.07) is 9.49. The number of methoxy groups -OCH3 is 1. The molecule has 0 unspecified atom stereocenters. The molecule has 1 saturated heterocycles. The predicted octanol–water partition coefficient (Wildman–Crippen LogP) is 2.23. The van der Waals surface area contributed by atoms with E-state index in [1.54, 1.807) is 19.2 Å². The Morgan fingerprint density at radius 1 is 1.17 bits per heavy atom. The highest BCUT2D eigenvalue weighted by molar-refractivity contribution is 6.15. The molecule has 2 saturated carbocycles. The molecule has 5 nitrogen and oxygen atoms in total. The third-order valence-electron chi connectivity index (χ3n) is 5.63. The maximum Gasteiger partial charge on any atom is 0.251 e. The fourth-order valence-corrected chi connectivity index (χ4v) is 4.40. The Hall–Kier alpha value is -2.35. The van der Waals surface area contributed by atoms with Crippen LogP contribution < -0.4 is 4.74 Å². The van der Waals surface area contributed by atoms with Gasteiger partial charge in [-0.25, -0.2) is 0 Å². The van der Waals surface area contributed by atoms with E-state index in [1.807, 2.05) is 12.1 Å². The highest BCUT2D eigenvalue weighted by Crippen LogP contribution is 2.70. The molecule has 1 aromatic rings. The first kappa shape index (κ1) is 14.3. The number of carbonyl (C=O) groups excluding carboxylic acids is 2. The van der Waals surface area contributed by atoms with Gasteiger partial charge in [-0.3, -0.25) is 14.5 Å². The van der Waals surface area contributed by atoms with Gasteiger partial charge < -0.3 is 4.74 Å². The van der Waals surface area contributed by atoms with Crippen molar-refractivity contribution < 1.29 is 14.3 Å². The van der Waals surface area contributed by atoms with E-state index in [4.69, 9.17) is 4.74 Å². The van der Waals surface area contributed by atoms with E-state index in [2.05, 4.69) is 6.07 Å². The zero-order valence-electron chi connectivity index (χ0n) is 13.0. The number of nitrogens with zero attached hydrogens (tertiary/aromatic N) is 2. The lowest BCUT2D eigenvalue weighted by Crippen LogP contribution is -2.42. The van der Waals surface area contributed by atoms with E-state index < -0.39 is 11.3 Å². The van der Waals surface area contributed by atoms with Crippen molar-refractivity contribution in [2.75, 3.05) is 7.11 Å². The summed E-state index contributed by atoms with van der Waals surface area (Å²) < 4.78 is 5.13. The largest absolute Gasteiger partial charge is 0.497 e. The lowest BCUT2D eigenvalue weighted by Gasteiger charge is -2.25. The second kappa shape index (κ2) is 4.82. The van der Waals surface area contributed by atoms with Crippen LogP contribution in [0.5, 0.6) is 5.75 Å². The summed E-state index contributed by atoms with van der Waals surface area (Å²) in [4.78, 5) is 27.0. The second-order valence-electron chi connectivity index (χ2n) is 6.66. The van der Waals surface area contributed by atoms with Crippen LogP contribution in [0, 0.1) is 22.7 Å². The molecule has 0 bridgehead atoms. The molecule has 3 fully saturated rings. The molecule has 0 spiro atoms. The van der Waals surface area contributed by atoms with E-state index >= 15 is 0 Å². The van der Waals surface area contributed by atoms with Crippen LogP contribution in [0.25, 0.3) is 0 Å². The number of amides is 2. The summed E-state index contributed by atoms with van der Waals surface area (Å²) in [5, 5.41) is 9.67. The Bertz CT molecular complexity index is 715. The molecule has 1 aromatic carbocycles. The molecule has 0 aromatic heterocycles. The van der Waals surface area contributed by atoms with Gasteiger partial charge in [-0.05, 0) is 30.5 Å². The zero-order chi connectivity index (χ0) is 16.2. The summed E-state index contributed by atoms with van der Waals surface area (Å²) in [6.07, 6.45) is 3.85. The highest BCUT2D eigenvalue weighted by Gasteiger charge is 2.81. The standard InChI is InChI=1S/C18H18N2O3/c1-23-13-8-6-11(7-9-13)14-15-16(21)20(12-4-2-3-5-12)17(22)18(14,15)10-19/h6-9,12,14-15H,2-5H2,1H3/t14-,15+,18+/m1/s1. The Morgan fingerprint density at radius 2 is 1.83 bits per heavy atom. The van der Waals surface area contributed by atoms with Crippen LogP contribution in [-0.2, 0) is 9.59 Å². The van der Waals surface area contributed by atoms with Gasteiger partial charge in [0.2, 0.25) is 5.91 Å². The van der Waals surface area contributed by atoms with Gasteiger partial charge >= 0.3 is 0 Å². The maximum absolute atomic E-state index is 12.9. The number of ether oxygens (including phenoxy) is 1. The number of hydrogen-bond acceptors (Lipinski definition) is 4. The number of benzene rings is 1. The Kier molecular flexibility index (Phi) is 2.99. The Labute approximate surface area is 134 Å². The Balaban J connectivity index is 1.65. The molecule has 0 N–H and O–H groups in total. The van der Waals surface area contributed by atoms with E-state index in [0.717, 1.165) is 37.0 Å². The van der Waals surface area contributed by atoms with Crippen molar-refractivity contribution in [3.8, 4) is 11.8 Å². The molecule has 1 heterocycles. The normalized spacial score (nSPS) is 32.8. The van der Waals surface area contributed by atoms with Crippen molar-refractivity contribution in [1.82, 2.24) is 4.90 Å². The van der Waals surface area contributed by atoms with Crippen molar-refractivity contribution in [1.29, 1.82) is 5.26 Å². The molecule has 5 heteroatoms. The van der Waals surface area contributed by atoms with Gasteiger partial charge in [0.1, 0.15) is 5.75 Å². The lowest BCUT2D eigenvalue weighted by atomic mass is 9.98. The van der Waals surface area contributed by atoms with Crippen LogP contribution in [0.15, 0.2) is 24.3 Å². The SMILES string of the molecule is COc1ccc([C@@H]2[C@H]3C(=O)N(C4CCCC4)C(=O)[C@]32C#N)cc1. The molecule has 2 amide bonds. The summed E-state index contributed by atoms with van der Waals surface area (Å²) >= 11 is 0. The van der Waals surface area contributed by atoms with E-state index in [9.17, 15) is 14.9 Å². The van der Waals surface area contributed by atoms with Crippen molar-refractivity contribution in [3.05, 3.63) is 29.8 Å². The average Bonchev–Trinajstić information content (AvgIpc) is 2.84. The van der Waals surface area contributed by atoms with Crippen molar-refractivity contribution in [2.24, 2.45) is 11.3 Å². The van der Waals surface area contributed by atoms with Gasteiger partial charge in [-0.1, -0.05) is 25.0 Å². The van der Waals surface area contributed by atoms with Gasteiger partial charge in [0.15, 0.2) is 5.41 Å². The Morgan fingerprint density at radius 3 is 2.35 bits per heavy atom. The number of fused-ring (bicyclic) bond motifs is 1. The number of carbonyl (C=O) groups is 2. The molecular weight excluding hydrogens is 292 g/mol. The number of imide groups is 1. The smallest absolute Gasteiger partial charge is 0.251 e. The summed E-state index contributed by atoms with van der Waals surface area (Å²) in [5.74, 6) is -0.521. The van der Waals surface area contributed by atoms with Crippen LogP contribution >= 0.6 is 0 Å². The zero-order valence-corrected chi connectivity index (χ0v) is 13.0. The number of nitriles is 1. The second-order valence-corrected chi connectivity index (χ2v) is 6.66. The van der Waals surface area contributed by atoms with Gasteiger partial charge in [0, 0.05) is 12.0 Å². The number of rotatable bonds is 3. The molecule has 2 aliphatic carbocycles. The highest BCUT2D eigenvalue weighted by atomic mass is 16.5. The third kappa shape index (κ3) is 1.72. The van der Waals surface area contributed by atoms with Crippen molar-refractivity contribution in [2.45, 2.75) is 37.6 Å². The fourth-order valence-electron chi connectivity index (χ4n) is 4.40. The fraction of sp³-hybridized carbons (Fsp3) is 0.500. The minimum absolute atomic E-state index is 0.00421. The average molecular weight is 310 g/mol. The molecule has 3 aliphatic rings. The monoisotopic (exact) mass is 310 g/mol. The predicted molar refractivity (Wildman–Crippen MR) is 81.4 cm³/mol. The minimum atomic E-state index is -1.17. The quantitative estimate of drug-likeness (QED) is 0.803. The van der Waals surface area contributed by atoms with E-state index in [0.29, 0.717) is 0 Å². The van der Waals surface area contributed by atoms with Crippen molar-refractivity contribution in [3.63, 3.8) is 0 Å². The number of piperidine rings is 1. The van der Waals surface area contributed by atoms with Crippen molar-refractivity contribution >= 4 is 11.8 Å². The molecular formula is C18H18N2O3. The number of likely N-dealkylation sites (tertiary alicyclic amines) is 1. The summed E-state index contributed by atoms with van der Waals surface area (Å²) in [5.41, 5.74) is -0.307. The van der Waals surface area contributed by atoms with Gasteiger partial charge in [-0.2, -0.15) is 5.26 Å². The summed E-state index contributed by atoms with van der Waals surface area (Å²) in [6.45, 7) is 0. The summed E-state index contributed by atoms with van der Waals surface area (Å²) in [7, 11) is 1.59. The first-order valence-electron chi connectivity index (χ1n) is 8.08. The lowest BCUT2D eigenvalue weighted by molar-refractivity contribution is -0.145. The maximum atomic E-state index is 12.9. The van der Waals surface area contributed by atoms with Gasteiger partial charge in [-0.15, -0.1) is 0 Å². The van der Waals surface area contributed by atoms with Gasteiger partial charge in [0.05, 0.1) is 19.1 Å². The van der Waals surface area contributed by atoms with Crippen LogP contribution in [-0.4, -0.2) is 29.9 Å². The van der Waals surface area contributed by atoms with Gasteiger partial charge in [0.25, 0.3) is 5.91 Å². The van der Waals surface area contributed by atoms with Crippen LogP contribution in [0.1, 0.15) is 37.2 Å². The third-order valence-corrected chi connectivity index (χ3v) is 5.63.